The first kappa shape index (κ1) is 21.8. The molecule has 1 saturated heterocycles. The van der Waals surface area contributed by atoms with Crippen LogP contribution in [0.15, 0.2) is 23.2 Å². The van der Waals surface area contributed by atoms with Gasteiger partial charge in [0.2, 0.25) is 5.91 Å². The number of hydrogen-bond acceptors (Lipinski definition) is 7. The van der Waals surface area contributed by atoms with Gasteiger partial charge in [0.1, 0.15) is 23.1 Å². The minimum absolute atomic E-state index is 0.0589. The number of aliphatic imine (C=N–C) groups is 1. The van der Waals surface area contributed by atoms with Crippen molar-refractivity contribution < 1.29 is 14.3 Å². The van der Waals surface area contributed by atoms with Gasteiger partial charge in [-0.05, 0) is 43.5 Å². The van der Waals surface area contributed by atoms with Crippen molar-refractivity contribution in [3.05, 3.63) is 56.4 Å². The number of aromatic nitrogens is 3. The number of fused-ring (bicyclic) bond motifs is 5. The van der Waals surface area contributed by atoms with Crippen LogP contribution in [-0.2, 0) is 28.9 Å². The zero-order valence-electron chi connectivity index (χ0n) is 19.0. The Kier molecular flexibility index (Phi) is 5.43. The molecule has 1 aromatic carbocycles. The van der Waals surface area contributed by atoms with Crippen molar-refractivity contribution in [1.82, 2.24) is 19.7 Å². The average molecular weight is 498 g/mol. The van der Waals surface area contributed by atoms with E-state index >= 15 is 0 Å². The summed E-state index contributed by atoms with van der Waals surface area (Å²) in [4.78, 5) is 21.4. The molecule has 0 radical (unpaired) electrons. The molecule has 1 aliphatic carbocycles. The number of nitrogens with zero attached hydrogens (tertiary/aromatic N) is 5. The topological polar surface area (TPSA) is 81.8 Å². The van der Waals surface area contributed by atoms with Crippen molar-refractivity contribution in [3.63, 3.8) is 0 Å². The third kappa shape index (κ3) is 3.45. The van der Waals surface area contributed by atoms with Crippen LogP contribution < -0.4 is 4.74 Å². The van der Waals surface area contributed by atoms with Crippen LogP contribution in [0.25, 0.3) is 5.00 Å². The molecule has 0 spiro atoms. The number of benzene rings is 1. The van der Waals surface area contributed by atoms with E-state index in [1.54, 1.807) is 18.4 Å². The summed E-state index contributed by atoms with van der Waals surface area (Å²) < 4.78 is 13.0. The average Bonchev–Trinajstić information content (AvgIpc) is 3.50. The fourth-order valence-electron chi connectivity index (χ4n) is 5.07. The number of amides is 1. The largest absolute Gasteiger partial charge is 0.497 e. The lowest BCUT2D eigenvalue weighted by molar-refractivity contribution is -0.139. The molecule has 176 valence electrons. The summed E-state index contributed by atoms with van der Waals surface area (Å²) in [7, 11) is 1.64. The zero-order valence-corrected chi connectivity index (χ0v) is 20.6. The van der Waals surface area contributed by atoms with Gasteiger partial charge < -0.3 is 14.4 Å². The van der Waals surface area contributed by atoms with Gasteiger partial charge in [-0.2, -0.15) is 0 Å². The molecule has 0 bridgehead atoms. The van der Waals surface area contributed by atoms with Crippen LogP contribution in [0.2, 0.25) is 5.02 Å². The molecule has 0 saturated carbocycles. The second kappa shape index (κ2) is 8.48. The molecule has 1 atom stereocenters. The molecular formula is C24H24ClN5O3S. The molecule has 6 rings (SSSR count). The maximum atomic E-state index is 13.3. The van der Waals surface area contributed by atoms with Crippen molar-refractivity contribution in [2.24, 2.45) is 10.9 Å². The van der Waals surface area contributed by atoms with Gasteiger partial charge >= 0.3 is 0 Å². The summed E-state index contributed by atoms with van der Waals surface area (Å²) in [5.41, 5.74) is 3.86. The van der Waals surface area contributed by atoms with Crippen LogP contribution in [0.3, 0.4) is 0 Å². The first-order chi connectivity index (χ1) is 16.5. The Bertz CT molecular complexity index is 1320. The number of ether oxygens (including phenoxy) is 2. The van der Waals surface area contributed by atoms with Gasteiger partial charge in [0.15, 0.2) is 5.82 Å². The molecule has 34 heavy (non-hydrogen) atoms. The van der Waals surface area contributed by atoms with E-state index in [0.29, 0.717) is 44.3 Å². The van der Waals surface area contributed by atoms with Gasteiger partial charge in [0.25, 0.3) is 0 Å². The van der Waals surface area contributed by atoms with Crippen molar-refractivity contribution in [2.75, 3.05) is 33.4 Å². The van der Waals surface area contributed by atoms with Gasteiger partial charge in [-0.15, -0.1) is 21.5 Å². The minimum Gasteiger partial charge on any atom is -0.497 e. The lowest BCUT2D eigenvalue weighted by atomic mass is 9.97. The van der Waals surface area contributed by atoms with Crippen molar-refractivity contribution in [2.45, 2.75) is 26.3 Å². The highest BCUT2D eigenvalue weighted by molar-refractivity contribution is 7.15. The fourth-order valence-corrected chi connectivity index (χ4v) is 6.76. The highest BCUT2D eigenvalue weighted by Gasteiger charge is 2.38. The van der Waals surface area contributed by atoms with Crippen molar-refractivity contribution in [3.8, 4) is 10.8 Å². The number of methoxy groups -OCH3 is 1. The molecule has 0 N–H and O–H groups in total. The van der Waals surface area contributed by atoms with E-state index in [1.807, 2.05) is 30.0 Å². The van der Waals surface area contributed by atoms with E-state index in [4.69, 9.17) is 26.1 Å². The Hall–Kier alpha value is -2.75. The molecule has 8 nitrogen and oxygen atoms in total. The van der Waals surface area contributed by atoms with E-state index in [1.165, 1.54) is 10.4 Å². The van der Waals surface area contributed by atoms with E-state index < -0.39 is 0 Å². The predicted octanol–water partition coefficient (Wildman–Crippen LogP) is 3.22. The lowest BCUT2D eigenvalue weighted by Crippen LogP contribution is -2.44. The molecule has 1 fully saturated rings. The van der Waals surface area contributed by atoms with Crippen LogP contribution in [0.1, 0.15) is 33.2 Å². The molecule has 3 aliphatic rings. The number of morpholine rings is 1. The van der Waals surface area contributed by atoms with Gasteiger partial charge in [0, 0.05) is 35.0 Å². The Morgan fingerprint density at radius 2 is 2.06 bits per heavy atom. The standard InChI is InChI=1S/C24H24ClN5O3S/c1-13-27-28-20-12-26-22(16-11-15(32-2)3-4-18(16)25)21-17-9-14(10-19(17)34-24(21)30(13)20)23(31)29-5-7-33-8-6-29/h3-4,11,14H,5-10,12H2,1-2H3. The van der Waals surface area contributed by atoms with E-state index in [0.717, 1.165) is 45.7 Å². The Labute approximate surface area is 206 Å². The lowest BCUT2D eigenvalue weighted by Gasteiger charge is -2.29. The summed E-state index contributed by atoms with van der Waals surface area (Å²) in [5.74, 6) is 2.50. The number of carbonyl (C=O) groups is 1. The van der Waals surface area contributed by atoms with E-state index in [9.17, 15) is 4.79 Å². The normalized spacial score (nSPS) is 19.2. The smallest absolute Gasteiger partial charge is 0.226 e. The summed E-state index contributed by atoms with van der Waals surface area (Å²) in [6.45, 7) is 4.90. The minimum atomic E-state index is -0.0589. The molecule has 2 aromatic heterocycles. The molecule has 4 heterocycles. The number of hydrogen-bond donors (Lipinski definition) is 0. The summed E-state index contributed by atoms with van der Waals surface area (Å²) in [5, 5.41) is 10.3. The van der Waals surface area contributed by atoms with Crippen LogP contribution >= 0.6 is 22.9 Å². The second-order valence-electron chi connectivity index (χ2n) is 8.74. The molecule has 1 amide bonds. The highest BCUT2D eigenvalue weighted by atomic mass is 35.5. The number of carbonyl (C=O) groups excluding carboxylic acids is 1. The van der Waals surface area contributed by atoms with Crippen LogP contribution in [-0.4, -0.2) is 64.7 Å². The van der Waals surface area contributed by atoms with Gasteiger partial charge in [-0.3, -0.25) is 14.4 Å². The van der Waals surface area contributed by atoms with Gasteiger partial charge in [0.05, 0.1) is 31.1 Å². The van der Waals surface area contributed by atoms with Crippen LogP contribution in [0.5, 0.6) is 5.75 Å². The summed E-state index contributed by atoms with van der Waals surface area (Å²) >= 11 is 8.39. The first-order valence-electron chi connectivity index (χ1n) is 11.4. The molecule has 3 aromatic rings. The Balaban J connectivity index is 1.46. The third-order valence-electron chi connectivity index (χ3n) is 6.77. The predicted molar refractivity (Wildman–Crippen MR) is 130 cm³/mol. The van der Waals surface area contributed by atoms with Crippen molar-refractivity contribution >= 4 is 34.6 Å². The maximum Gasteiger partial charge on any atom is 0.226 e. The second-order valence-corrected chi connectivity index (χ2v) is 10.2. The van der Waals surface area contributed by atoms with Gasteiger partial charge in [-0.25, -0.2) is 0 Å². The molecular weight excluding hydrogens is 474 g/mol. The highest BCUT2D eigenvalue weighted by Crippen LogP contribution is 2.44. The van der Waals surface area contributed by atoms with E-state index in [-0.39, 0.29) is 11.8 Å². The SMILES string of the molecule is COc1ccc(Cl)c(C2=NCc3nnc(C)n3-c3sc4c(c32)CC(C(=O)N2CCOCC2)C4)c1. The zero-order chi connectivity index (χ0) is 23.4. The number of aryl methyl sites for hydroxylation is 1. The molecule has 10 heteroatoms. The summed E-state index contributed by atoms with van der Waals surface area (Å²) in [6, 6.07) is 5.61. The maximum absolute atomic E-state index is 13.3. The van der Waals surface area contributed by atoms with Crippen molar-refractivity contribution in [1.29, 1.82) is 0 Å². The first-order valence-corrected chi connectivity index (χ1v) is 12.6. The Morgan fingerprint density at radius 3 is 2.85 bits per heavy atom. The Morgan fingerprint density at radius 1 is 1.24 bits per heavy atom. The van der Waals surface area contributed by atoms with Gasteiger partial charge in [-0.1, -0.05) is 11.6 Å². The molecule has 2 aliphatic heterocycles. The number of rotatable bonds is 3. The van der Waals surface area contributed by atoms with E-state index in [2.05, 4.69) is 14.8 Å². The van der Waals surface area contributed by atoms with Crippen LogP contribution in [0.4, 0.5) is 0 Å². The number of halogens is 1. The quantitative estimate of drug-likeness (QED) is 0.555. The monoisotopic (exact) mass is 497 g/mol. The molecule has 1 unspecified atom stereocenters. The number of thiophene rings is 1. The summed E-state index contributed by atoms with van der Waals surface area (Å²) in [6.07, 6.45) is 1.42. The third-order valence-corrected chi connectivity index (χ3v) is 8.33. The van der Waals surface area contributed by atoms with Crippen LogP contribution in [0, 0.1) is 12.8 Å². The fraction of sp³-hybridized carbons (Fsp3) is 0.417.